The van der Waals surface area contributed by atoms with Crippen molar-refractivity contribution in [1.29, 1.82) is 0 Å². The van der Waals surface area contributed by atoms with Crippen LogP contribution in [0.5, 0.6) is 5.75 Å². The molecule has 0 radical (unpaired) electrons. The highest BCUT2D eigenvalue weighted by molar-refractivity contribution is 9.10. The standard InChI is InChI=1S/C12H13BrN2O2S/c1-17-9-3-2-7(13)6-8(9)15-11(16)12(4-5-12)10(14)18/h2-3,6H,4-5H2,1H3,(H2,14,18)(H,15,16). The molecule has 18 heavy (non-hydrogen) atoms. The molecule has 0 aromatic heterocycles. The van der Waals surface area contributed by atoms with E-state index in [9.17, 15) is 4.79 Å². The molecule has 0 spiro atoms. The Morgan fingerprint density at radius 3 is 2.72 bits per heavy atom. The normalized spacial score (nSPS) is 15.9. The Hall–Kier alpha value is -1.14. The number of benzene rings is 1. The number of anilines is 1. The predicted molar refractivity (Wildman–Crippen MR) is 77.8 cm³/mol. The van der Waals surface area contributed by atoms with E-state index in [1.54, 1.807) is 19.2 Å². The van der Waals surface area contributed by atoms with Crippen LogP contribution in [-0.2, 0) is 4.79 Å². The summed E-state index contributed by atoms with van der Waals surface area (Å²) in [5, 5.41) is 2.82. The minimum Gasteiger partial charge on any atom is -0.495 e. The van der Waals surface area contributed by atoms with Gasteiger partial charge in [-0.3, -0.25) is 4.79 Å². The van der Waals surface area contributed by atoms with Crippen molar-refractivity contribution in [2.24, 2.45) is 11.1 Å². The lowest BCUT2D eigenvalue weighted by atomic mass is 10.1. The Labute approximate surface area is 119 Å². The van der Waals surface area contributed by atoms with Crippen molar-refractivity contribution in [3.63, 3.8) is 0 Å². The van der Waals surface area contributed by atoms with E-state index in [1.807, 2.05) is 6.07 Å². The summed E-state index contributed by atoms with van der Waals surface area (Å²) in [4.78, 5) is 12.4. The van der Waals surface area contributed by atoms with Crippen LogP contribution in [0.3, 0.4) is 0 Å². The zero-order chi connectivity index (χ0) is 13.3. The molecule has 0 saturated heterocycles. The van der Waals surface area contributed by atoms with Crippen LogP contribution in [0.15, 0.2) is 22.7 Å². The molecule has 0 atom stereocenters. The van der Waals surface area contributed by atoms with Gasteiger partial charge in [-0.15, -0.1) is 0 Å². The van der Waals surface area contributed by atoms with Gasteiger partial charge in [0.15, 0.2) is 0 Å². The number of thiocarbonyl (C=S) groups is 1. The number of methoxy groups -OCH3 is 1. The number of carbonyl (C=O) groups excluding carboxylic acids is 1. The molecular formula is C12H13BrN2O2S. The molecule has 1 fully saturated rings. The molecule has 1 amide bonds. The summed E-state index contributed by atoms with van der Waals surface area (Å²) in [6, 6.07) is 5.40. The van der Waals surface area contributed by atoms with Gasteiger partial charge in [-0.1, -0.05) is 28.1 Å². The lowest BCUT2D eigenvalue weighted by molar-refractivity contribution is -0.118. The fourth-order valence-corrected chi connectivity index (χ4v) is 2.39. The Kier molecular flexibility index (Phi) is 3.59. The highest BCUT2D eigenvalue weighted by atomic mass is 79.9. The number of hydrogen-bond donors (Lipinski definition) is 2. The van der Waals surface area contributed by atoms with Gasteiger partial charge in [0, 0.05) is 4.47 Å². The fraction of sp³-hybridized carbons (Fsp3) is 0.333. The topological polar surface area (TPSA) is 64.3 Å². The van der Waals surface area contributed by atoms with E-state index in [0.717, 1.165) is 4.47 Å². The Bertz CT molecular complexity index is 515. The molecule has 1 aromatic rings. The molecular weight excluding hydrogens is 316 g/mol. The highest BCUT2D eigenvalue weighted by Gasteiger charge is 2.52. The molecule has 0 unspecified atom stereocenters. The second-order valence-electron chi connectivity index (χ2n) is 4.25. The molecule has 1 aromatic carbocycles. The fourth-order valence-electron chi connectivity index (χ4n) is 1.73. The van der Waals surface area contributed by atoms with Gasteiger partial charge < -0.3 is 15.8 Å². The molecule has 1 aliphatic rings. The number of halogens is 1. The van der Waals surface area contributed by atoms with Gasteiger partial charge in [-0.2, -0.15) is 0 Å². The van der Waals surface area contributed by atoms with Crippen molar-refractivity contribution in [3.8, 4) is 5.75 Å². The van der Waals surface area contributed by atoms with Crippen LogP contribution in [0.4, 0.5) is 5.69 Å². The maximum Gasteiger partial charge on any atom is 0.237 e. The molecule has 0 aliphatic heterocycles. The van der Waals surface area contributed by atoms with Gasteiger partial charge in [0.25, 0.3) is 0 Å². The molecule has 1 saturated carbocycles. The zero-order valence-electron chi connectivity index (χ0n) is 9.83. The molecule has 3 N–H and O–H groups in total. The quantitative estimate of drug-likeness (QED) is 0.833. The smallest absolute Gasteiger partial charge is 0.237 e. The van der Waals surface area contributed by atoms with Crippen LogP contribution in [-0.4, -0.2) is 18.0 Å². The van der Waals surface area contributed by atoms with Crippen LogP contribution in [0.1, 0.15) is 12.8 Å². The van der Waals surface area contributed by atoms with Gasteiger partial charge in [0.05, 0.1) is 23.2 Å². The van der Waals surface area contributed by atoms with E-state index < -0.39 is 5.41 Å². The van der Waals surface area contributed by atoms with Crippen LogP contribution < -0.4 is 15.8 Å². The van der Waals surface area contributed by atoms with Crippen LogP contribution >= 0.6 is 28.1 Å². The molecule has 2 rings (SSSR count). The first-order valence-electron chi connectivity index (χ1n) is 5.44. The number of nitrogens with one attached hydrogen (secondary N) is 1. The summed E-state index contributed by atoms with van der Waals surface area (Å²) < 4.78 is 6.06. The Balaban J connectivity index is 2.22. The van der Waals surface area contributed by atoms with Crippen molar-refractivity contribution in [3.05, 3.63) is 22.7 Å². The molecule has 4 nitrogen and oxygen atoms in total. The van der Waals surface area contributed by atoms with E-state index >= 15 is 0 Å². The largest absolute Gasteiger partial charge is 0.495 e. The zero-order valence-corrected chi connectivity index (χ0v) is 12.2. The number of ether oxygens (including phenoxy) is 1. The van der Waals surface area contributed by atoms with E-state index in [1.165, 1.54) is 0 Å². The lowest BCUT2D eigenvalue weighted by Gasteiger charge is -2.15. The Morgan fingerprint density at radius 2 is 2.22 bits per heavy atom. The van der Waals surface area contributed by atoms with Crippen LogP contribution in [0.2, 0.25) is 0 Å². The second kappa shape index (κ2) is 4.85. The summed E-state index contributed by atoms with van der Waals surface area (Å²) in [6.45, 7) is 0. The van der Waals surface area contributed by atoms with Gasteiger partial charge in [-0.25, -0.2) is 0 Å². The van der Waals surface area contributed by atoms with Crippen molar-refractivity contribution in [2.45, 2.75) is 12.8 Å². The third-order valence-electron chi connectivity index (χ3n) is 3.07. The van der Waals surface area contributed by atoms with E-state index in [2.05, 4.69) is 21.2 Å². The maximum absolute atomic E-state index is 12.2. The highest BCUT2D eigenvalue weighted by Crippen LogP contribution is 2.47. The lowest BCUT2D eigenvalue weighted by Crippen LogP contribution is -2.35. The minimum absolute atomic E-state index is 0.161. The SMILES string of the molecule is COc1ccc(Br)cc1NC(=O)C1(C(N)=S)CC1. The summed E-state index contributed by atoms with van der Waals surface area (Å²) >= 11 is 8.30. The summed E-state index contributed by atoms with van der Waals surface area (Å²) in [5.74, 6) is 0.441. The van der Waals surface area contributed by atoms with Gasteiger partial charge >= 0.3 is 0 Å². The van der Waals surface area contributed by atoms with Crippen molar-refractivity contribution < 1.29 is 9.53 Å². The van der Waals surface area contributed by atoms with Crippen molar-refractivity contribution in [2.75, 3.05) is 12.4 Å². The first kappa shape index (κ1) is 13.3. The van der Waals surface area contributed by atoms with E-state index in [4.69, 9.17) is 22.7 Å². The van der Waals surface area contributed by atoms with Crippen molar-refractivity contribution in [1.82, 2.24) is 0 Å². The first-order chi connectivity index (χ1) is 8.49. The van der Waals surface area contributed by atoms with Gasteiger partial charge in [-0.05, 0) is 31.0 Å². The van der Waals surface area contributed by atoms with Crippen LogP contribution in [0.25, 0.3) is 0 Å². The third-order valence-corrected chi connectivity index (χ3v) is 3.95. The van der Waals surface area contributed by atoms with E-state index in [0.29, 0.717) is 24.3 Å². The monoisotopic (exact) mass is 328 g/mol. The molecule has 6 heteroatoms. The predicted octanol–water partition coefficient (Wildman–Crippen LogP) is 2.46. The maximum atomic E-state index is 12.2. The summed E-state index contributed by atoms with van der Waals surface area (Å²) in [7, 11) is 1.55. The minimum atomic E-state index is -0.664. The molecule has 0 bridgehead atoms. The third kappa shape index (κ3) is 2.35. The van der Waals surface area contributed by atoms with Gasteiger partial charge in [0.2, 0.25) is 5.91 Å². The van der Waals surface area contributed by atoms with Crippen LogP contribution in [0, 0.1) is 5.41 Å². The summed E-state index contributed by atoms with van der Waals surface area (Å²) in [6.07, 6.45) is 1.43. The summed E-state index contributed by atoms with van der Waals surface area (Å²) in [5.41, 5.74) is 5.56. The number of nitrogens with two attached hydrogens (primary N) is 1. The molecule has 1 aliphatic carbocycles. The molecule has 0 heterocycles. The molecule has 96 valence electrons. The average molecular weight is 329 g/mol. The average Bonchev–Trinajstić information content (AvgIpc) is 3.10. The number of rotatable bonds is 4. The number of hydrogen-bond acceptors (Lipinski definition) is 3. The van der Waals surface area contributed by atoms with Gasteiger partial charge in [0.1, 0.15) is 5.75 Å². The number of amides is 1. The van der Waals surface area contributed by atoms with E-state index in [-0.39, 0.29) is 10.9 Å². The first-order valence-corrected chi connectivity index (χ1v) is 6.64. The second-order valence-corrected chi connectivity index (χ2v) is 5.60. The Morgan fingerprint density at radius 1 is 1.56 bits per heavy atom. The number of carbonyl (C=O) groups is 1. The van der Waals surface area contributed by atoms with Crippen molar-refractivity contribution >= 4 is 44.7 Å².